The summed E-state index contributed by atoms with van der Waals surface area (Å²) >= 11 is 1.70. The molecule has 164 valence electrons. The van der Waals surface area contributed by atoms with Crippen LogP contribution in [0.3, 0.4) is 0 Å². The Morgan fingerprint density at radius 3 is 2.58 bits per heavy atom. The van der Waals surface area contributed by atoms with E-state index in [4.69, 9.17) is 0 Å². The molecule has 5 nitrogen and oxygen atoms in total. The van der Waals surface area contributed by atoms with Crippen molar-refractivity contribution in [3.8, 4) is 17.2 Å². The highest BCUT2D eigenvalue weighted by Gasteiger charge is 2.12. The number of benzene rings is 3. The predicted molar refractivity (Wildman–Crippen MR) is 133 cm³/mol. The zero-order valence-electron chi connectivity index (χ0n) is 18.1. The average molecular weight is 453 g/mol. The highest BCUT2D eigenvalue weighted by molar-refractivity contribution is 7.98. The molecule has 1 amide bonds. The van der Waals surface area contributed by atoms with Crippen molar-refractivity contribution in [2.24, 2.45) is 0 Å². The summed E-state index contributed by atoms with van der Waals surface area (Å²) < 4.78 is 1.88. The summed E-state index contributed by atoms with van der Waals surface area (Å²) in [6.07, 6.45) is 3.71. The molecule has 0 saturated heterocycles. The lowest BCUT2D eigenvalue weighted by molar-refractivity contribution is 0.0957. The Kier molecular flexibility index (Phi) is 7.57. The molecule has 0 aliphatic carbocycles. The third-order valence-electron chi connectivity index (χ3n) is 5.27. The van der Waals surface area contributed by atoms with Gasteiger partial charge in [0.25, 0.3) is 5.91 Å². The van der Waals surface area contributed by atoms with E-state index in [0.29, 0.717) is 24.2 Å². The van der Waals surface area contributed by atoms with E-state index in [-0.39, 0.29) is 5.91 Å². The maximum atomic E-state index is 12.9. The minimum Gasteiger partial charge on any atom is -0.351 e. The van der Waals surface area contributed by atoms with Gasteiger partial charge in [-0.2, -0.15) is 22.1 Å². The van der Waals surface area contributed by atoms with Gasteiger partial charge < -0.3 is 5.32 Å². The van der Waals surface area contributed by atoms with E-state index in [0.717, 1.165) is 33.8 Å². The number of nitriles is 1. The number of rotatable bonds is 9. The first-order valence-corrected chi connectivity index (χ1v) is 11.9. The average Bonchev–Trinajstić information content (AvgIpc) is 3.37. The lowest BCUT2D eigenvalue weighted by Gasteiger charge is -2.11. The largest absolute Gasteiger partial charge is 0.351 e. The maximum Gasteiger partial charge on any atom is 0.251 e. The second kappa shape index (κ2) is 11.2. The fourth-order valence-corrected chi connectivity index (χ4v) is 4.44. The summed E-state index contributed by atoms with van der Waals surface area (Å²) in [6.45, 7) is 1.28. The Morgan fingerprint density at radius 2 is 1.79 bits per heavy atom. The maximum absolute atomic E-state index is 12.9. The topological polar surface area (TPSA) is 70.7 Å². The number of carbonyl (C=O) groups excluding carboxylic acids is 1. The zero-order chi connectivity index (χ0) is 22.9. The van der Waals surface area contributed by atoms with E-state index in [1.807, 2.05) is 77.6 Å². The predicted octanol–water partition coefficient (Wildman–Crippen LogP) is 5.13. The van der Waals surface area contributed by atoms with Gasteiger partial charge in [0.15, 0.2) is 0 Å². The second-order valence-corrected chi connectivity index (χ2v) is 8.63. The van der Waals surface area contributed by atoms with Gasteiger partial charge in [-0.1, -0.05) is 60.7 Å². The van der Waals surface area contributed by atoms with Gasteiger partial charge in [0, 0.05) is 36.0 Å². The smallest absolute Gasteiger partial charge is 0.251 e. The minimum absolute atomic E-state index is 0.0794. The summed E-state index contributed by atoms with van der Waals surface area (Å²) in [5.74, 6) is 1.45. The van der Waals surface area contributed by atoms with E-state index in [1.165, 1.54) is 0 Å². The van der Waals surface area contributed by atoms with Gasteiger partial charge in [-0.15, -0.1) is 0 Å². The van der Waals surface area contributed by atoms with Crippen molar-refractivity contribution in [3.05, 3.63) is 114 Å². The van der Waals surface area contributed by atoms with E-state index in [9.17, 15) is 10.1 Å². The molecule has 4 aromatic rings. The van der Waals surface area contributed by atoms with Crippen LogP contribution in [0.5, 0.6) is 0 Å². The molecule has 0 radical (unpaired) electrons. The third kappa shape index (κ3) is 5.91. The van der Waals surface area contributed by atoms with Crippen molar-refractivity contribution in [2.75, 3.05) is 12.3 Å². The Bertz CT molecular complexity index is 1240. The number of thioether (sulfide) groups is 1. The number of hydrogen-bond donors (Lipinski definition) is 1. The molecular formula is C27H24N4OS. The number of nitrogens with zero attached hydrogens (tertiary/aromatic N) is 3. The van der Waals surface area contributed by atoms with E-state index < -0.39 is 0 Å². The molecule has 0 aliphatic heterocycles. The summed E-state index contributed by atoms with van der Waals surface area (Å²) in [5, 5.41) is 16.5. The van der Waals surface area contributed by atoms with Gasteiger partial charge in [0.2, 0.25) is 0 Å². The molecule has 0 atom stereocenters. The number of nitrogens with one attached hydrogen (secondary N) is 1. The monoisotopic (exact) mass is 452 g/mol. The van der Waals surface area contributed by atoms with Crippen LogP contribution in [0, 0.1) is 11.3 Å². The summed E-state index contributed by atoms with van der Waals surface area (Å²) in [7, 11) is 0. The molecule has 0 unspecified atom stereocenters. The molecule has 4 rings (SSSR count). The standard InChI is InChI=1S/C27H24N4OS/c28-18-23-6-1-2-7-24(23)20-33-17-15-29-27(32)26-9-4-3-8-25(26)22-12-10-21(11-13-22)19-31-16-5-14-30-31/h1-14,16H,15,17,19-20H2,(H,29,32). The van der Waals surface area contributed by atoms with Crippen LogP contribution in [-0.2, 0) is 12.3 Å². The zero-order valence-corrected chi connectivity index (χ0v) is 19.0. The lowest BCUT2D eigenvalue weighted by Crippen LogP contribution is -2.26. The summed E-state index contributed by atoms with van der Waals surface area (Å²) in [6, 6.07) is 27.7. The van der Waals surface area contributed by atoms with Crippen molar-refractivity contribution in [1.82, 2.24) is 15.1 Å². The lowest BCUT2D eigenvalue weighted by atomic mass is 9.98. The van der Waals surface area contributed by atoms with Crippen LogP contribution in [-0.4, -0.2) is 28.0 Å². The molecule has 0 fully saturated rings. The summed E-state index contributed by atoms with van der Waals surface area (Å²) in [4.78, 5) is 12.9. The Morgan fingerprint density at radius 1 is 1.00 bits per heavy atom. The van der Waals surface area contributed by atoms with Gasteiger partial charge in [0.05, 0.1) is 18.2 Å². The first-order chi connectivity index (χ1) is 16.2. The van der Waals surface area contributed by atoms with Crippen molar-refractivity contribution >= 4 is 17.7 Å². The van der Waals surface area contributed by atoms with Crippen molar-refractivity contribution in [2.45, 2.75) is 12.3 Å². The molecule has 0 saturated carbocycles. The first-order valence-electron chi connectivity index (χ1n) is 10.7. The molecule has 0 spiro atoms. The van der Waals surface area contributed by atoms with Crippen molar-refractivity contribution in [3.63, 3.8) is 0 Å². The highest BCUT2D eigenvalue weighted by atomic mass is 32.2. The van der Waals surface area contributed by atoms with Crippen LogP contribution in [0.1, 0.15) is 27.0 Å². The minimum atomic E-state index is -0.0794. The van der Waals surface area contributed by atoms with Crippen LogP contribution in [0.25, 0.3) is 11.1 Å². The summed E-state index contributed by atoms with van der Waals surface area (Å²) in [5.41, 5.74) is 5.47. The third-order valence-corrected chi connectivity index (χ3v) is 6.28. The van der Waals surface area contributed by atoms with Crippen LogP contribution in [0.15, 0.2) is 91.3 Å². The van der Waals surface area contributed by atoms with E-state index in [1.54, 1.807) is 18.0 Å². The molecule has 1 N–H and O–H groups in total. The van der Waals surface area contributed by atoms with Gasteiger partial charge in [-0.05, 0) is 40.5 Å². The quantitative estimate of drug-likeness (QED) is 0.357. The molecule has 0 bridgehead atoms. The number of hydrogen-bond acceptors (Lipinski definition) is 4. The Labute approximate surface area is 198 Å². The SMILES string of the molecule is N#Cc1ccccc1CSCCNC(=O)c1ccccc1-c1ccc(Cn2cccn2)cc1. The van der Waals surface area contributed by atoms with Crippen LogP contribution >= 0.6 is 11.8 Å². The van der Waals surface area contributed by atoms with Gasteiger partial charge in [0.1, 0.15) is 0 Å². The van der Waals surface area contributed by atoms with Crippen molar-refractivity contribution < 1.29 is 4.79 Å². The fraction of sp³-hybridized carbons (Fsp3) is 0.148. The number of amides is 1. The van der Waals surface area contributed by atoms with Crippen LogP contribution in [0.2, 0.25) is 0 Å². The normalized spacial score (nSPS) is 10.5. The van der Waals surface area contributed by atoms with E-state index >= 15 is 0 Å². The van der Waals surface area contributed by atoms with Crippen molar-refractivity contribution in [1.29, 1.82) is 5.26 Å². The Balaban J connectivity index is 1.34. The molecule has 0 aliphatic rings. The molecule has 1 heterocycles. The Hall–Kier alpha value is -3.82. The molecule has 6 heteroatoms. The van der Waals surface area contributed by atoms with Crippen LogP contribution < -0.4 is 5.32 Å². The molecular weight excluding hydrogens is 428 g/mol. The van der Waals surface area contributed by atoms with E-state index in [2.05, 4.69) is 28.6 Å². The fourth-order valence-electron chi connectivity index (χ4n) is 3.57. The van der Waals surface area contributed by atoms with Gasteiger partial charge in [-0.3, -0.25) is 9.48 Å². The number of carbonyl (C=O) groups is 1. The van der Waals surface area contributed by atoms with Gasteiger partial charge >= 0.3 is 0 Å². The number of aromatic nitrogens is 2. The van der Waals surface area contributed by atoms with Gasteiger partial charge in [-0.25, -0.2) is 0 Å². The molecule has 33 heavy (non-hydrogen) atoms. The molecule has 3 aromatic carbocycles. The highest BCUT2D eigenvalue weighted by Crippen LogP contribution is 2.24. The second-order valence-electron chi connectivity index (χ2n) is 7.52. The van der Waals surface area contributed by atoms with Crippen LogP contribution in [0.4, 0.5) is 0 Å². The molecule has 1 aromatic heterocycles. The first kappa shape index (κ1) is 22.4.